The Bertz CT molecular complexity index is 440. The predicted octanol–water partition coefficient (Wildman–Crippen LogP) is 0.953. The van der Waals surface area contributed by atoms with Crippen molar-refractivity contribution in [2.45, 2.75) is 32.5 Å². The molecule has 2 fully saturated rings. The fourth-order valence-electron chi connectivity index (χ4n) is 3.28. The summed E-state index contributed by atoms with van der Waals surface area (Å²) in [5.41, 5.74) is 6.92. The first kappa shape index (κ1) is 14.1. The van der Waals surface area contributed by atoms with Gasteiger partial charge in [-0.05, 0) is 19.4 Å². The van der Waals surface area contributed by atoms with Crippen molar-refractivity contribution in [3.8, 4) is 0 Å². The first-order valence-electron chi connectivity index (χ1n) is 7.58. The van der Waals surface area contributed by atoms with Gasteiger partial charge in [0.15, 0.2) is 0 Å². The number of likely N-dealkylation sites (tertiary alicyclic amines) is 1. The van der Waals surface area contributed by atoms with Gasteiger partial charge in [0.25, 0.3) is 0 Å². The van der Waals surface area contributed by atoms with E-state index in [9.17, 15) is 0 Å². The van der Waals surface area contributed by atoms with Crippen LogP contribution in [0.2, 0.25) is 0 Å². The zero-order valence-corrected chi connectivity index (χ0v) is 12.3. The number of hydrogen-bond acceptors (Lipinski definition) is 5. The Balaban J connectivity index is 1.55. The van der Waals surface area contributed by atoms with Gasteiger partial charge in [0.1, 0.15) is 11.5 Å². The summed E-state index contributed by atoms with van der Waals surface area (Å²) in [5, 5.41) is 0. The van der Waals surface area contributed by atoms with Gasteiger partial charge in [-0.25, -0.2) is 0 Å². The lowest BCUT2D eigenvalue weighted by molar-refractivity contribution is 0.0184. The van der Waals surface area contributed by atoms with Crippen LogP contribution in [0.15, 0.2) is 10.5 Å². The summed E-state index contributed by atoms with van der Waals surface area (Å²) in [6.45, 7) is 9.76. The molecular weight excluding hydrogens is 254 g/mol. The molecule has 20 heavy (non-hydrogen) atoms. The van der Waals surface area contributed by atoms with E-state index in [0.29, 0.717) is 12.6 Å². The Morgan fingerprint density at radius 3 is 2.80 bits per heavy atom. The predicted molar refractivity (Wildman–Crippen MR) is 77.4 cm³/mol. The second kappa shape index (κ2) is 6.26. The molecule has 3 heterocycles. The van der Waals surface area contributed by atoms with E-state index in [4.69, 9.17) is 14.9 Å². The average Bonchev–Trinajstić information content (AvgIpc) is 3.08. The average molecular weight is 279 g/mol. The molecule has 0 saturated carbocycles. The zero-order valence-electron chi connectivity index (χ0n) is 12.3. The molecule has 1 atom stereocenters. The van der Waals surface area contributed by atoms with Crippen molar-refractivity contribution < 1.29 is 9.15 Å². The molecule has 0 aromatic carbocycles. The van der Waals surface area contributed by atoms with Crippen molar-refractivity contribution in [1.82, 2.24) is 9.80 Å². The standard InChI is InChI=1S/C15H25N3O2/c1-12-13(8-15(9-16)20-12)10-17-3-2-14(11-17)18-4-6-19-7-5-18/h8,14H,2-7,9-11,16H2,1H3. The zero-order chi connectivity index (χ0) is 13.9. The minimum Gasteiger partial charge on any atom is -0.465 e. The summed E-state index contributed by atoms with van der Waals surface area (Å²) in [6, 6.07) is 2.80. The lowest BCUT2D eigenvalue weighted by atomic mass is 10.2. The summed E-state index contributed by atoms with van der Waals surface area (Å²) in [6.07, 6.45) is 1.26. The molecular formula is C15H25N3O2. The Hall–Kier alpha value is -0.880. The largest absolute Gasteiger partial charge is 0.465 e. The summed E-state index contributed by atoms with van der Waals surface area (Å²) in [4.78, 5) is 5.11. The molecule has 0 bridgehead atoms. The van der Waals surface area contributed by atoms with Gasteiger partial charge in [-0.15, -0.1) is 0 Å². The third-order valence-corrected chi connectivity index (χ3v) is 4.48. The second-order valence-corrected chi connectivity index (χ2v) is 5.82. The summed E-state index contributed by atoms with van der Waals surface area (Å²) in [7, 11) is 0. The molecule has 2 N–H and O–H groups in total. The van der Waals surface area contributed by atoms with Crippen molar-refractivity contribution in [1.29, 1.82) is 0 Å². The minimum atomic E-state index is 0.483. The van der Waals surface area contributed by atoms with E-state index < -0.39 is 0 Å². The Kier molecular flexibility index (Phi) is 4.41. The van der Waals surface area contributed by atoms with E-state index in [1.807, 2.05) is 6.92 Å². The quantitative estimate of drug-likeness (QED) is 0.889. The van der Waals surface area contributed by atoms with Crippen LogP contribution in [0.1, 0.15) is 23.5 Å². The van der Waals surface area contributed by atoms with E-state index in [-0.39, 0.29) is 0 Å². The number of furan rings is 1. The molecule has 1 aromatic rings. The van der Waals surface area contributed by atoms with Crippen molar-refractivity contribution >= 4 is 0 Å². The van der Waals surface area contributed by atoms with Crippen LogP contribution in [0.4, 0.5) is 0 Å². The fraction of sp³-hybridized carbons (Fsp3) is 0.733. The smallest absolute Gasteiger partial charge is 0.118 e. The van der Waals surface area contributed by atoms with Gasteiger partial charge in [-0.1, -0.05) is 0 Å². The van der Waals surface area contributed by atoms with Gasteiger partial charge in [0.05, 0.1) is 19.8 Å². The number of hydrogen-bond donors (Lipinski definition) is 1. The van der Waals surface area contributed by atoms with Crippen molar-refractivity contribution in [3.63, 3.8) is 0 Å². The van der Waals surface area contributed by atoms with Gasteiger partial charge in [0, 0.05) is 44.3 Å². The molecule has 0 aliphatic carbocycles. The number of ether oxygens (including phenoxy) is 1. The van der Waals surface area contributed by atoms with Crippen LogP contribution < -0.4 is 5.73 Å². The van der Waals surface area contributed by atoms with E-state index >= 15 is 0 Å². The maximum absolute atomic E-state index is 5.64. The number of nitrogens with two attached hydrogens (primary N) is 1. The number of rotatable bonds is 4. The molecule has 2 aliphatic rings. The third kappa shape index (κ3) is 3.06. The van der Waals surface area contributed by atoms with E-state index in [1.54, 1.807) is 0 Å². The number of aryl methyl sites for hydroxylation is 1. The first-order chi connectivity index (χ1) is 9.76. The number of nitrogens with zero attached hydrogens (tertiary/aromatic N) is 2. The molecule has 1 unspecified atom stereocenters. The van der Waals surface area contributed by atoms with Crippen LogP contribution in [0.3, 0.4) is 0 Å². The molecule has 0 radical (unpaired) electrons. The molecule has 3 rings (SSSR count). The highest BCUT2D eigenvalue weighted by molar-refractivity contribution is 5.20. The van der Waals surface area contributed by atoms with Gasteiger partial charge >= 0.3 is 0 Å². The van der Waals surface area contributed by atoms with Crippen molar-refractivity contribution in [2.75, 3.05) is 39.4 Å². The Morgan fingerprint density at radius 1 is 1.30 bits per heavy atom. The van der Waals surface area contributed by atoms with E-state index in [2.05, 4.69) is 15.9 Å². The second-order valence-electron chi connectivity index (χ2n) is 5.82. The number of morpholine rings is 1. The van der Waals surface area contributed by atoms with Crippen LogP contribution in [0.5, 0.6) is 0 Å². The van der Waals surface area contributed by atoms with Gasteiger partial charge in [0.2, 0.25) is 0 Å². The first-order valence-corrected chi connectivity index (χ1v) is 7.58. The highest BCUT2D eigenvalue weighted by Crippen LogP contribution is 2.22. The van der Waals surface area contributed by atoms with Crippen LogP contribution >= 0.6 is 0 Å². The van der Waals surface area contributed by atoms with Gasteiger partial charge in [-0.3, -0.25) is 9.80 Å². The highest BCUT2D eigenvalue weighted by atomic mass is 16.5. The molecule has 1 aromatic heterocycles. The molecule has 0 amide bonds. The fourth-order valence-corrected chi connectivity index (χ4v) is 3.28. The normalized spacial score (nSPS) is 25.4. The molecule has 112 valence electrons. The van der Waals surface area contributed by atoms with Crippen LogP contribution in [0.25, 0.3) is 0 Å². The van der Waals surface area contributed by atoms with Crippen LogP contribution in [-0.4, -0.2) is 55.2 Å². The van der Waals surface area contributed by atoms with Crippen molar-refractivity contribution in [2.24, 2.45) is 5.73 Å². The van der Waals surface area contributed by atoms with E-state index in [1.165, 1.54) is 18.5 Å². The monoisotopic (exact) mass is 279 g/mol. The molecule has 5 nitrogen and oxygen atoms in total. The van der Waals surface area contributed by atoms with Crippen molar-refractivity contribution in [3.05, 3.63) is 23.2 Å². The summed E-state index contributed by atoms with van der Waals surface area (Å²) >= 11 is 0. The third-order valence-electron chi connectivity index (χ3n) is 4.48. The molecule has 2 saturated heterocycles. The van der Waals surface area contributed by atoms with E-state index in [0.717, 1.165) is 50.9 Å². The lowest BCUT2D eigenvalue weighted by Crippen LogP contribution is -2.44. The van der Waals surface area contributed by atoms with Gasteiger partial charge < -0.3 is 14.9 Å². The topological polar surface area (TPSA) is 54.9 Å². The maximum Gasteiger partial charge on any atom is 0.118 e. The highest BCUT2D eigenvalue weighted by Gasteiger charge is 2.29. The Morgan fingerprint density at radius 2 is 2.10 bits per heavy atom. The summed E-state index contributed by atoms with van der Waals surface area (Å²) in [5.74, 6) is 1.90. The molecule has 2 aliphatic heterocycles. The van der Waals surface area contributed by atoms with Crippen LogP contribution in [-0.2, 0) is 17.8 Å². The SMILES string of the molecule is Cc1oc(CN)cc1CN1CCC(N2CCOCC2)C1. The Labute approximate surface area is 120 Å². The molecule has 5 heteroatoms. The minimum absolute atomic E-state index is 0.483. The maximum atomic E-state index is 5.64. The summed E-state index contributed by atoms with van der Waals surface area (Å²) < 4.78 is 11.1. The van der Waals surface area contributed by atoms with Crippen LogP contribution in [0, 0.1) is 6.92 Å². The molecule has 0 spiro atoms. The lowest BCUT2D eigenvalue weighted by Gasteiger charge is -2.32. The van der Waals surface area contributed by atoms with Gasteiger partial charge in [-0.2, -0.15) is 0 Å².